The lowest BCUT2D eigenvalue weighted by Crippen LogP contribution is -2.19. The van der Waals surface area contributed by atoms with Gasteiger partial charge in [-0.05, 0) is 30.2 Å². The maximum Gasteiger partial charge on any atom is 0.123 e. The molecule has 0 saturated carbocycles. The van der Waals surface area contributed by atoms with Crippen molar-refractivity contribution in [3.05, 3.63) is 65.5 Å². The number of hydrogen-bond acceptors (Lipinski definition) is 2. The van der Waals surface area contributed by atoms with Crippen molar-refractivity contribution in [2.24, 2.45) is 0 Å². The van der Waals surface area contributed by atoms with Crippen LogP contribution >= 0.6 is 0 Å². The average Bonchev–Trinajstić information content (AvgIpc) is 2.87. The lowest BCUT2D eigenvalue weighted by atomic mass is 9.92. The van der Waals surface area contributed by atoms with E-state index < -0.39 is 0 Å². The Balaban J connectivity index is 1.70. The summed E-state index contributed by atoms with van der Waals surface area (Å²) in [6.45, 7) is 0.0918. The van der Waals surface area contributed by atoms with E-state index in [2.05, 4.69) is 0 Å². The first-order valence-electron chi connectivity index (χ1n) is 6.87. The molecule has 20 heavy (non-hydrogen) atoms. The standard InChI is InChI=1S/C17H17FO2/c18-15-6-7-17-13(8-15)9-16(20-17)10-14(11-19)12-4-2-1-3-5-12/h1-8,14,16,19H,9-11H2. The molecule has 0 aliphatic carbocycles. The minimum Gasteiger partial charge on any atom is -0.490 e. The third kappa shape index (κ3) is 2.68. The van der Waals surface area contributed by atoms with Crippen LogP contribution in [-0.2, 0) is 6.42 Å². The molecule has 0 bridgehead atoms. The molecule has 2 unspecified atom stereocenters. The lowest BCUT2D eigenvalue weighted by molar-refractivity contribution is 0.179. The molecule has 3 heteroatoms. The van der Waals surface area contributed by atoms with Gasteiger partial charge in [-0.2, -0.15) is 0 Å². The van der Waals surface area contributed by atoms with Crippen molar-refractivity contribution in [1.29, 1.82) is 0 Å². The Bertz CT molecular complexity index is 583. The smallest absolute Gasteiger partial charge is 0.123 e. The minimum atomic E-state index is -0.227. The number of ether oxygens (including phenoxy) is 1. The summed E-state index contributed by atoms with van der Waals surface area (Å²) in [7, 11) is 0. The number of benzene rings is 2. The molecule has 0 spiro atoms. The highest BCUT2D eigenvalue weighted by Crippen LogP contribution is 2.33. The van der Waals surface area contributed by atoms with Crippen LogP contribution in [-0.4, -0.2) is 17.8 Å². The Morgan fingerprint density at radius 1 is 1.20 bits per heavy atom. The van der Waals surface area contributed by atoms with E-state index in [-0.39, 0.29) is 24.4 Å². The number of halogens is 1. The highest BCUT2D eigenvalue weighted by Gasteiger charge is 2.26. The van der Waals surface area contributed by atoms with Crippen LogP contribution in [0.5, 0.6) is 5.75 Å². The zero-order valence-electron chi connectivity index (χ0n) is 11.1. The van der Waals surface area contributed by atoms with Crippen LogP contribution in [0.25, 0.3) is 0 Å². The van der Waals surface area contributed by atoms with Crippen LogP contribution in [0, 0.1) is 5.82 Å². The molecule has 1 heterocycles. The quantitative estimate of drug-likeness (QED) is 0.925. The van der Waals surface area contributed by atoms with Crippen molar-refractivity contribution in [1.82, 2.24) is 0 Å². The van der Waals surface area contributed by atoms with E-state index in [4.69, 9.17) is 4.74 Å². The monoisotopic (exact) mass is 272 g/mol. The van der Waals surface area contributed by atoms with Crippen molar-refractivity contribution in [3.63, 3.8) is 0 Å². The molecular weight excluding hydrogens is 255 g/mol. The molecule has 2 aromatic rings. The molecule has 2 nitrogen and oxygen atoms in total. The number of aliphatic hydroxyl groups is 1. The summed E-state index contributed by atoms with van der Waals surface area (Å²) in [6.07, 6.45) is 1.44. The van der Waals surface area contributed by atoms with E-state index in [0.29, 0.717) is 6.42 Å². The molecule has 1 N–H and O–H groups in total. The molecular formula is C17H17FO2. The molecule has 0 saturated heterocycles. The molecule has 0 radical (unpaired) electrons. The van der Waals surface area contributed by atoms with Crippen LogP contribution in [0.3, 0.4) is 0 Å². The van der Waals surface area contributed by atoms with Gasteiger partial charge < -0.3 is 9.84 Å². The first kappa shape index (κ1) is 13.1. The Kier molecular flexibility index (Phi) is 3.70. The summed E-state index contributed by atoms with van der Waals surface area (Å²) >= 11 is 0. The van der Waals surface area contributed by atoms with E-state index in [1.165, 1.54) is 12.1 Å². The fourth-order valence-electron chi connectivity index (χ4n) is 2.78. The van der Waals surface area contributed by atoms with Crippen molar-refractivity contribution in [2.75, 3.05) is 6.61 Å². The maximum atomic E-state index is 13.2. The van der Waals surface area contributed by atoms with E-state index >= 15 is 0 Å². The van der Waals surface area contributed by atoms with Gasteiger partial charge in [-0.25, -0.2) is 4.39 Å². The molecule has 0 fully saturated rings. The molecule has 1 aliphatic heterocycles. The number of aliphatic hydroxyl groups excluding tert-OH is 1. The summed E-state index contributed by atoms with van der Waals surface area (Å²) in [5.41, 5.74) is 2.03. The minimum absolute atomic E-state index is 0.00385. The fourth-order valence-corrected chi connectivity index (χ4v) is 2.78. The Morgan fingerprint density at radius 3 is 2.75 bits per heavy atom. The highest BCUT2D eigenvalue weighted by molar-refractivity contribution is 5.38. The first-order chi connectivity index (χ1) is 9.76. The SMILES string of the molecule is OCC(CC1Cc2cc(F)ccc2O1)c1ccccc1. The van der Waals surface area contributed by atoms with Crippen LogP contribution in [0.4, 0.5) is 4.39 Å². The molecule has 3 rings (SSSR count). The molecule has 104 valence electrons. The van der Waals surface area contributed by atoms with Crippen LogP contribution in [0.2, 0.25) is 0 Å². The van der Waals surface area contributed by atoms with Gasteiger partial charge in [0, 0.05) is 17.9 Å². The van der Waals surface area contributed by atoms with E-state index in [9.17, 15) is 9.50 Å². The Morgan fingerprint density at radius 2 is 2.00 bits per heavy atom. The third-order valence-electron chi connectivity index (χ3n) is 3.80. The fraction of sp³-hybridized carbons (Fsp3) is 0.294. The number of rotatable bonds is 4. The second-order valence-electron chi connectivity index (χ2n) is 5.22. The summed E-state index contributed by atoms with van der Waals surface area (Å²) in [5, 5.41) is 9.59. The summed E-state index contributed by atoms with van der Waals surface area (Å²) < 4.78 is 19.0. The Hall–Kier alpha value is -1.87. The van der Waals surface area contributed by atoms with Crippen molar-refractivity contribution in [2.45, 2.75) is 24.9 Å². The van der Waals surface area contributed by atoms with Gasteiger partial charge in [-0.15, -0.1) is 0 Å². The van der Waals surface area contributed by atoms with Gasteiger partial charge in [0.2, 0.25) is 0 Å². The predicted molar refractivity (Wildman–Crippen MR) is 75.4 cm³/mol. The zero-order valence-corrected chi connectivity index (χ0v) is 11.1. The topological polar surface area (TPSA) is 29.5 Å². The van der Waals surface area contributed by atoms with Crippen LogP contribution in [0.1, 0.15) is 23.5 Å². The predicted octanol–water partition coefficient (Wildman–Crippen LogP) is 3.30. The maximum absolute atomic E-state index is 13.2. The van der Waals surface area contributed by atoms with Crippen molar-refractivity contribution >= 4 is 0 Å². The van der Waals surface area contributed by atoms with Crippen molar-refractivity contribution in [3.8, 4) is 5.75 Å². The van der Waals surface area contributed by atoms with Gasteiger partial charge in [-0.1, -0.05) is 30.3 Å². The van der Waals surface area contributed by atoms with E-state index in [1.807, 2.05) is 30.3 Å². The van der Waals surface area contributed by atoms with Gasteiger partial charge in [-0.3, -0.25) is 0 Å². The summed E-state index contributed by atoms with van der Waals surface area (Å²) in [5.74, 6) is 0.594. The molecule has 2 aromatic carbocycles. The van der Waals surface area contributed by atoms with Crippen LogP contribution < -0.4 is 4.74 Å². The number of fused-ring (bicyclic) bond motifs is 1. The molecule has 0 amide bonds. The Labute approximate surface area is 117 Å². The van der Waals surface area contributed by atoms with Gasteiger partial charge >= 0.3 is 0 Å². The van der Waals surface area contributed by atoms with Crippen LogP contribution in [0.15, 0.2) is 48.5 Å². The van der Waals surface area contributed by atoms with Gasteiger partial charge in [0.15, 0.2) is 0 Å². The van der Waals surface area contributed by atoms with Gasteiger partial charge in [0.05, 0.1) is 6.61 Å². The average molecular weight is 272 g/mol. The van der Waals surface area contributed by atoms with E-state index in [1.54, 1.807) is 6.07 Å². The zero-order chi connectivity index (χ0) is 13.9. The van der Waals surface area contributed by atoms with Crippen molar-refractivity contribution < 1.29 is 14.2 Å². The molecule has 0 aromatic heterocycles. The number of hydrogen-bond donors (Lipinski definition) is 1. The first-order valence-corrected chi connectivity index (χ1v) is 6.87. The third-order valence-corrected chi connectivity index (χ3v) is 3.80. The second kappa shape index (κ2) is 5.63. The van der Waals surface area contributed by atoms with Gasteiger partial charge in [0.25, 0.3) is 0 Å². The summed E-state index contributed by atoms with van der Waals surface area (Å²) in [4.78, 5) is 0. The highest BCUT2D eigenvalue weighted by atomic mass is 19.1. The summed E-state index contributed by atoms with van der Waals surface area (Å²) in [6, 6.07) is 14.6. The molecule has 1 aliphatic rings. The normalized spacial score (nSPS) is 18.4. The second-order valence-corrected chi connectivity index (χ2v) is 5.22. The van der Waals surface area contributed by atoms with Gasteiger partial charge in [0.1, 0.15) is 17.7 Å². The largest absolute Gasteiger partial charge is 0.490 e. The van der Waals surface area contributed by atoms with E-state index in [0.717, 1.165) is 23.3 Å². The lowest BCUT2D eigenvalue weighted by Gasteiger charge is -2.19. The molecule has 2 atom stereocenters.